The summed E-state index contributed by atoms with van der Waals surface area (Å²) in [4.78, 5) is 15.0. The van der Waals surface area contributed by atoms with Crippen molar-refractivity contribution in [2.24, 2.45) is 0 Å². The molecule has 1 aliphatic rings. The normalized spacial score (nSPS) is 14.1. The first-order valence-electron chi connectivity index (χ1n) is 6.80. The molecule has 1 atom stereocenters. The van der Waals surface area contributed by atoms with Gasteiger partial charge in [0.1, 0.15) is 5.82 Å². The number of aromatic nitrogens is 1. The SMILES string of the molecule is CC(CCC(=O)O)Nc1nccc2cc3c(cc12)OCO3. The van der Waals surface area contributed by atoms with Gasteiger partial charge in [0.2, 0.25) is 6.79 Å². The maximum absolute atomic E-state index is 10.6. The average Bonchev–Trinajstić information content (AvgIpc) is 2.90. The second-order valence-electron chi connectivity index (χ2n) is 5.06. The molecule has 0 saturated carbocycles. The van der Waals surface area contributed by atoms with Gasteiger partial charge in [0.15, 0.2) is 11.5 Å². The van der Waals surface area contributed by atoms with Gasteiger partial charge in [-0.05, 0) is 36.9 Å². The second kappa shape index (κ2) is 5.47. The Balaban J connectivity index is 1.86. The third-order valence-electron chi connectivity index (χ3n) is 3.43. The Labute approximate surface area is 121 Å². The fourth-order valence-corrected chi connectivity index (χ4v) is 2.32. The topological polar surface area (TPSA) is 80.7 Å². The molecule has 21 heavy (non-hydrogen) atoms. The third-order valence-corrected chi connectivity index (χ3v) is 3.43. The number of anilines is 1. The van der Waals surface area contributed by atoms with Crippen LogP contribution in [0, 0.1) is 0 Å². The van der Waals surface area contributed by atoms with Crippen molar-refractivity contribution in [1.29, 1.82) is 0 Å². The van der Waals surface area contributed by atoms with E-state index in [2.05, 4.69) is 10.3 Å². The minimum absolute atomic E-state index is 0.0182. The van der Waals surface area contributed by atoms with Crippen molar-refractivity contribution in [1.82, 2.24) is 4.98 Å². The lowest BCUT2D eigenvalue weighted by molar-refractivity contribution is -0.137. The van der Waals surface area contributed by atoms with Crippen LogP contribution in [0.1, 0.15) is 19.8 Å². The summed E-state index contributed by atoms with van der Waals surface area (Å²) in [7, 11) is 0. The van der Waals surface area contributed by atoms with E-state index >= 15 is 0 Å². The molecule has 2 N–H and O–H groups in total. The molecule has 0 saturated heterocycles. The summed E-state index contributed by atoms with van der Waals surface area (Å²) in [6.45, 7) is 2.17. The van der Waals surface area contributed by atoms with E-state index in [1.807, 2.05) is 25.1 Å². The van der Waals surface area contributed by atoms with Crippen LogP contribution in [-0.2, 0) is 4.79 Å². The second-order valence-corrected chi connectivity index (χ2v) is 5.06. The lowest BCUT2D eigenvalue weighted by Crippen LogP contribution is -2.17. The number of ether oxygens (including phenoxy) is 2. The van der Waals surface area contributed by atoms with E-state index in [0.717, 1.165) is 22.3 Å². The van der Waals surface area contributed by atoms with Gasteiger partial charge in [0, 0.05) is 24.0 Å². The number of nitrogens with one attached hydrogen (secondary N) is 1. The predicted molar refractivity (Wildman–Crippen MR) is 77.8 cm³/mol. The molecule has 110 valence electrons. The maximum Gasteiger partial charge on any atom is 0.303 e. The minimum Gasteiger partial charge on any atom is -0.481 e. The summed E-state index contributed by atoms with van der Waals surface area (Å²) in [5.74, 6) is 1.37. The van der Waals surface area contributed by atoms with Gasteiger partial charge in [-0.15, -0.1) is 0 Å². The number of benzene rings is 1. The Morgan fingerprint density at radius 1 is 1.43 bits per heavy atom. The molecular formula is C15H16N2O4. The largest absolute Gasteiger partial charge is 0.481 e. The molecule has 1 aromatic heterocycles. The van der Waals surface area contributed by atoms with Gasteiger partial charge in [0.25, 0.3) is 0 Å². The maximum atomic E-state index is 10.6. The Morgan fingerprint density at radius 2 is 2.19 bits per heavy atom. The van der Waals surface area contributed by atoms with Crippen LogP contribution in [0.15, 0.2) is 24.4 Å². The third kappa shape index (κ3) is 2.84. The highest BCUT2D eigenvalue weighted by Crippen LogP contribution is 2.37. The number of fused-ring (bicyclic) bond motifs is 2. The molecule has 0 fully saturated rings. The Morgan fingerprint density at radius 3 is 2.95 bits per heavy atom. The molecule has 0 radical (unpaired) electrons. The number of hydrogen-bond donors (Lipinski definition) is 2. The van der Waals surface area contributed by atoms with Crippen LogP contribution in [-0.4, -0.2) is 28.9 Å². The number of carboxylic acid groups (broad SMARTS) is 1. The van der Waals surface area contributed by atoms with Crippen LogP contribution >= 0.6 is 0 Å². The molecule has 2 heterocycles. The zero-order valence-electron chi connectivity index (χ0n) is 11.6. The zero-order valence-corrected chi connectivity index (χ0v) is 11.6. The van der Waals surface area contributed by atoms with E-state index in [4.69, 9.17) is 14.6 Å². The van der Waals surface area contributed by atoms with Gasteiger partial charge in [-0.1, -0.05) is 0 Å². The average molecular weight is 288 g/mol. The highest BCUT2D eigenvalue weighted by atomic mass is 16.7. The number of hydrogen-bond acceptors (Lipinski definition) is 5. The molecule has 1 aromatic carbocycles. The zero-order chi connectivity index (χ0) is 14.8. The van der Waals surface area contributed by atoms with E-state index in [0.29, 0.717) is 12.2 Å². The standard InChI is InChI=1S/C15H16N2O4/c1-9(2-3-14(18)19)17-15-11-7-13-12(20-8-21-13)6-10(11)4-5-16-15/h4-7,9H,2-3,8H2,1H3,(H,16,17)(H,18,19). The van der Waals surface area contributed by atoms with Crippen molar-refractivity contribution in [3.63, 3.8) is 0 Å². The Hall–Kier alpha value is -2.50. The number of nitrogens with zero attached hydrogens (tertiary/aromatic N) is 1. The molecule has 0 amide bonds. The van der Waals surface area contributed by atoms with E-state index in [1.165, 1.54) is 0 Å². The number of aliphatic carboxylic acids is 1. The summed E-state index contributed by atoms with van der Waals surface area (Å²) in [6.07, 6.45) is 2.39. The van der Waals surface area contributed by atoms with Crippen molar-refractivity contribution < 1.29 is 19.4 Å². The van der Waals surface area contributed by atoms with Gasteiger partial charge < -0.3 is 19.9 Å². The molecule has 6 heteroatoms. The van der Waals surface area contributed by atoms with Gasteiger partial charge in [-0.2, -0.15) is 0 Å². The smallest absolute Gasteiger partial charge is 0.303 e. The molecule has 1 aliphatic heterocycles. The molecule has 0 spiro atoms. The van der Waals surface area contributed by atoms with E-state index in [1.54, 1.807) is 6.20 Å². The summed E-state index contributed by atoms with van der Waals surface area (Å²) in [5.41, 5.74) is 0. The quantitative estimate of drug-likeness (QED) is 0.880. The Kier molecular flexibility index (Phi) is 3.51. The minimum atomic E-state index is -0.794. The summed E-state index contributed by atoms with van der Waals surface area (Å²) in [6, 6.07) is 5.75. The van der Waals surface area contributed by atoms with Crippen LogP contribution in [0.25, 0.3) is 10.8 Å². The van der Waals surface area contributed by atoms with Crippen molar-refractivity contribution in [3.05, 3.63) is 24.4 Å². The highest BCUT2D eigenvalue weighted by molar-refractivity contribution is 5.94. The van der Waals surface area contributed by atoms with Crippen LogP contribution in [0.4, 0.5) is 5.82 Å². The fourth-order valence-electron chi connectivity index (χ4n) is 2.32. The number of pyridine rings is 1. The number of carbonyl (C=O) groups is 1. The highest BCUT2D eigenvalue weighted by Gasteiger charge is 2.16. The van der Waals surface area contributed by atoms with Gasteiger partial charge in [-0.3, -0.25) is 4.79 Å². The molecule has 2 aromatic rings. The van der Waals surface area contributed by atoms with Crippen molar-refractivity contribution in [2.45, 2.75) is 25.8 Å². The van der Waals surface area contributed by atoms with Crippen molar-refractivity contribution in [2.75, 3.05) is 12.1 Å². The lowest BCUT2D eigenvalue weighted by Gasteiger charge is -2.15. The van der Waals surface area contributed by atoms with Gasteiger partial charge in [-0.25, -0.2) is 4.98 Å². The van der Waals surface area contributed by atoms with Crippen LogP contribution in [0.5, 0.6) is 11.5 Å². The summed E-state index contributed by atoms with van der Waals surface area (Å²) in [5, 5.41) is 13.9. The lowest BCUT2D eigenvalue weighted by atomic mass is 10.1. The van der Waals surface area contributed by atoms with E-state index in [-0.39, 0.29) is 19.3 Å². The molecular weight excluding hydrogens is 272 g/mol. The van der Waals surface area contributed by atoms with E-state index < -0.39 is 5.97 Å². The first-order valence-corrected chi connectivity index (χ1v) is 6.80. The van der Waals surface area contributed by atoms with Crippen molar-refractivity contribution in [3.8, 4) is 11.5 Å². The number of rotatable bonds is 5. The molecule has 1 unspecified atom stereocenters. The summed E-state index contributed by atoms with van der Waals surface area (Å²) < 4.78 is 10.8. The van der Waals surface area contributed by atoms with Crippen LogP contribution in [0.3, 0.4) is 0 Å². The van der Waals surface area contributed by atoms with Crippen LogP contribution in [0.2, 0.25) is 0 Å². The first kappa shape index (κ1) is 13.5. The fraction of sp³-hybridized carbons (Fsp3) is 0.333. The first-order chi connectivity index (χ1) is 10.1. The molecule has 6 nitrogen and oxygen atoms in total. The van der Waals surface area contributed by atoms with Gasteiger partial charge in [0.05, 0.1) is 0 Å². The Bertz CT molecular complexity index is 687. The van der Waals surface area contributed by atoms with Gasteiger partial charge >= 0.3 is 5.97 Å². The van der Waals surface area contributed by atoms with E-state index in [9.17, 15) is 4.79 Å². The monoisotopic (exact) mass is 288 g/mol. The summed E-state index contributed by atoms with van der Waals surface area (Å²) >= 11 is 0. The molecule has 0 aliphatic carbocycles. The number of carboxylic acids is 1. The van der Waals surface area contributed by atoms with Crippen molar-refractivity contribution >= 4 is 22.6 Å². The molecule has 3 rings (SSSR count). The predicted octanol–water partition coefficient (Wildman–Crippen LogP) is 2.63. The van der Waals surface area contributed by atoms with Crippen LogP contribution < -0.4 is 14.8 Å². The molecule has 0 bridgehead atoms.